The molecule has 0 radical (unpaired) electrons. The van der Waals surface area contributed by atoms with Crippen LogP contribution in [-0.2, 0) is 41.8 Å². The number of nitrogens with zero attached hydrogens (tertiary/aromatic N) is 1. The van der Waals surface area contributed by atoms with Crippen molar-refractivity contribution in [1.29, 1.82) is 0 Å². The zero-order valence-corrected chi connectivity index (χ0v) is 21.1. The van der Waals surface area contributed by atoms with Crippen LogP contribution in [0.5, 0.6) is 17.2 Å². The number of methoxy groups -OCH3 is 3. The normalized spacial score (nSPS) is 15.0. The number of rotatable bonds is 11. The van der Waals surface area contributed by atoms with Crippen molar-refractivity contribution in [3.8, 4) is 17.2 Å². The fourth-order valence-corrected chi connectivity index (χ4v) is 3.68. The van der Waals surface area contributed by atoms with Gasteiger partial charge in [-0.3, -0.25) is 19.2 Å². The number of esters is 2. The number of cyclic esters (lactones) is 2. The van der Waals surface area contributed by atoms with Crippen LogP contribution in [0, 0.1) is 5.92 Å². The molecule has 10 heteroatoms. The van der Waals surface area contributed by atoms with Crippen molar-refractivity contribution < 1.29 is 42.9 Å². The smallest absolute Gasteiger partial charge is 0.323 e. The molecule has 1 amide bonds. The molecule has 36 heavy (non-hydrogen) atoms. The highest BCUT2D eigenvalue weighted by atomic mass is 16.7. The zero-order chi connectivity index (χ0) is 26.3. The van der Waals surface area contributed by atoms with E-state index in [2.05, 4.69) is 0 Å². The summed E-state index contributed by atoms with van der Waals surface area (Å²) < 4.78 is 26.6. The molecule has 2 aromatic rings. The summed E-state index contributed by atoms with van der Waals surface area (Å²) in [5.41, 5.74) is 1.41. The Kier molecular flexibility index (Phi) is 8.76. The number of benzene rings is 2. The fraction of sp³-hybridized carbons (Fsp3) is 0.423. The summed E-state index contributed by atoms with van der Waals surface area (Å²) in [7, 11) is 4.52. The van der Waals surface area contributed by atoms with E-state index in [0.29, 0.717) is 22.8 Å². The van der Waals surface area contributed by atoms with Gasteiger partial charge in [0.1, 0.15) is 23.9 Å². The van der Waals surface area contributed by atoms with Gasteiger partial charge in [0, 0.05) is 32.4 Å². The first kappa shape index (κ1) is 26.8. The average Bonchev–Trinajstić information content (AvgIpc) is 2.85. The van der Waals surface area contributed by atoms with Crippen LogP contribution in [0.4, 0.5) is 0 Å². The van der Waals surface area contributed by atoms with Crippen LogP contribution in [0.25, 0.3) is 0 Å². The Bertz CT molecular complexity index is 1040. The Morgan fingerprint density at radius 1 is 0.944 bits per heavy atom. The average molecular weight is 502 g/mol. The van der Waals surface area contributed by atoms with E-state index in [0.717, 1.165) is 5.56 Å². The molecule has 1 aliphatic heterocycles. The van der Waals surface area contributed by atoms with E-state index in [-0.39, 0.29) is 26.0 Å². The minimum absolute atomic E-state index is 0.0192. The maximum absolute atomic E-state index is 13.3. The maximum atomic E-state index is 13.3. The molecule has 0 aromatic heterocycles. The van der Waals surface area contributed by atoms with Crippen molar-refractivity contribution in [2.45, 2.75) is 45.6 Å². The highest BCUT2D eigenvalue weighted by Gasteiger charge is 2.43. The summed E-state index contributed by atoms with van der Waals surface area (Å²) in [6, 6.07) is 12.7. The van der Waals surface area contributed by atoms with Crippen LogP contribution in [0.15, 0.2) is 42.5 Å². The van der Waals surface area contributed by atoms with Crippen LogP contribution in [-0.4, -0.2) is 50.0 Å². The molecule has 1 heterocycles. The van der Waals surface area contributed by atoms with E-state index in [4.69, 9.17) is 28.5 Å². The molecule has 0 bridgehead atoms. The number of carbonyl (C=O) groups is 3. The van der Waals surface area contributed by atoms with E-state index in [1.54, 1.807) is 12.1 Å². The number of ether oxygens (including phenoxy) is 5. The summed E-state index contributed by atoms with van der Waals surface area (Å²) in [5, 5.41) is 1.17. The number of carbonyl (C=O) groups excluding carboxylic acids is 3. The number of hydroxylamine groups is 2. The molecule has 194 valence electrons. The van der Waals surface area contributed by atoms with Crippen molar-refractivity contribution >= 4 is 17.8 Å². The van der Waals surface area contributed by atoms with Gasteiger partial charge >= 0.3 is 11.9 Å². The number of amides is 1. The third kappa shape index (κ3) is 6.66. The van der Waals surface area contributed by atoms with Gasteiger partial charge in [-0.2, -0.15) is 0 Å². The molecule has 0 aliphatic carbocycles. The lowest BCUT2D eigenvalue weighted by Gasteiger charge is -2.33. The van der Waals surface area contributed by atoms with Crippen molar-refractivity contribution in [3.05, 3.63) is 53.6 Å². The summed E-state index contributed by atoms with van der Waals surface area (Å²) in [6.45, 7) is 3.04. The van der Waals surface area contributed by atoms with Gasteiger partial charge in [0.15, 0.2) is 5.92 Å². The summed E-state index contributed by atoms with van der Waals surface area (Å²) in [6.07, 6.45) is -0.250. The first-order valence-corrected chi connectivity index (χ1v) is 11.4. The zero-order valence-electron chi connectivity index (χ0n) is 21.1. The molecule has 0 unspecified atom stereocenters. The fourth-order valence-electron chi connectivity index (χ4n) is 3.68. The lowest BCUT2D eigenvalue weighted by molar-refractivity contribution is -0.240. The molecule has 0 atom stereocenters. The van der Waals surface area contributed by atoms with Gasteiger partial charge in [0.25, 0.3) is 5.79 Å². The second kappa shape index (κ2) is 11.8. The van der Waals surface area contributed by atoms with Gasteiger partial charge < -0.3 is 23.7 Å². The molecular formula is C26H31NO9. The van der Waals surface area contributed by atoms with Gasteiger partial charge in [-0.15, -0.1) is 0 Å². The van der Waals surface area contributed by atoms with Crippen LogP contribution in [0.3, 0.4) is 0 Å². The second-order valence-corrected chi connectivity index (χ2v) is 8.53. The quantitative estimate of drug-likeness (QED) is 0.260. The maximum Gasteiger partial charge on any atom is 0.323 e. The largest absolute Gasteiger partial charge is 0.496 e. The third-order valence-corrected chi connectivity index (χ3v) is 5.54. The molecule has 3 rings (SSSR count). The molecule has 2 aromatic carbocycles. The highest BCUT2D eigenvalue weighted by molar-refractivity contribution is 5.97. The van der Waals surface area contributed by atoms with E-state index in [1.807, 2.05) is 30.3 Å². The van der Waals surface area contributed by atoms with Crippen LogP contribution in [0.1, 0.15) is 37.8 Å². The second-order valence-electron chi connectivity index (χ2n) is 8.53. The Morgan fingerprint density at radius 2 is 1.53 bits per heavy atom. The lowest BCUT2D eigenvalue weighted by Crippen LogP contribution is -2.46. The predicted molar refractivity (Wildman–Crippen MR) is 127 cm³/mol. The van der Waals surface area contributed by atoms with E-state index in [1.165, 1.54) is 40.2 Å². The standard InChI is InChI=1S/C26H31NO9/c1-26(2)35-24(29)19(25(30)36-26)11-12-23(28)27(34-16-17-9-7-6-8-10-17)15-20-21(32-4)13-18(31-3)14-22(20)33-5/h6-10,13-14,19H,11-12,15-16H2,1-5H3. The molecular weight excluding hydrogens is 470 g/mol. The summed E-state index contributed by atoms with van der Waals surface area (Å²) >= 11 is 0. The minimum Gasteiger partial charge on any atom is -0.496 e. The molecule has 1 aliphatic rings. The van der Waals surface area contributed by atoms with E-state index in [9.17, 15) is 14.4 Å². The predicted octanol–water partition coefficient (Wildman–Crippen LogP) is 3.41. The third-order valence-electron chi connectivity index (χ3n) is 5.54. The van der Waals surface area contributed by atoms with Crippen molar-refractivity contribution in [2.75, 3.05) is 21.3 Å². The van der Waals surface area contributed by atoms with Crippen molar-refractivity contribution in [3.63, 3.8) is 0 Å². The van der Waals surface area contributed by atoms with Crippen LogP contribution in [0.2, 0.25) is 0 Å². The molecule has 0 spiro atoms. The van der Waals surface area contributed by atoms with Crippen LogP contribution >= 0.6 is 0 Å². The van der Waals surface area contributed by atoms with E-state index >= 15 is 0 Å². The van der Waals surface area contributed by atoms with Gasteiger partial charge in [0.2, 0.25) is 5.91 Å². The highest BCUT2D eigenvalue weighted by Crippen LogP contribution is 2.35. The summed E-state index contributed by atoms with van der Waals surface area (Å²) in [5.74, 6) is -3.02. The number of hydrogen-bond donors (Lipinski definition) is 0. The molecule has 10 nitrogen and oxygen atoms in total. The minimum atomic E-state index is -1.33. The van der Waals surface area contributed by atoms with Crippen LogP contribution < -0.4 is 14.2 Å². The lowest BCUT2D eigenvalue weighted by atomic mass is 10.0. The molecule has 0 N–H and O–H groups in total. The Hall–Kier alpha value is -3.79. The van der Waals surface area contributed by atoms with Gasteiger partial charge in [-0.1, -0.05) is 30.3 Å². The topological polar surface area (TPSA) is 110 Å². The van der Waals surface area contributed by atoms with Gasteiger partial charge in [-0.05, 0) is 12.0 Å². The molecule has 0 saturated carbocycles. The molecule has 1 saturated heterocycles. The Morgan fingerprint density at radius 3 is 2.06 bits per heavy atom. The summed E-state index contributed by atoms with van der Waals surface area (Å²) in [4.78, 5) is 43.8. The van der Waals surface area contributed by atoms with Gasteiger partial charge in [0.05, 0.1) is 33.4 Å². The first-order valence-electron chi connectivity index (χ1n) is 11.4. The van der Waals surface area contributed by atoms with Gasteiger partial charge in [-0.25, -0.2) is 5.06 Å². The van der Waals surface area contributed by atoms with E-state index < -0.39 is 29.6 Å². The monoisotopic (exact) mass is 501 g/mol. The van der Waals surface area contributed by atoms with Crippen molar-refractivity contribution in [2.24, 2.45) is 5.92 Å². The SMILES string of the molecule is COc1cc(OC)c(CN(OCc2ccccc2)C(=O)CCC2C(=O)OC(C)(C)OC2=O)c(OC)c1. The Balaban J connectivity index is 1.80. The Labute approximate surface area is 209 Å². The molecule has 1 fully saturated rings. The number of hydrogen-bond acceptors (Lipinski definition) is 9. The first-order chi connectivity index (χ1) is 17.2. The van der Waals surface area contributed by atoms with Crippen molar-refractivity contribution in [1.82, 2.24) is 5.06 Å².